The molecular formula is C27H25BrN2O3. The highest BCUT2D eigenvalue weighted by Gasteiger charge is 2.32. The molecule has 3 aromatic rings. The first-order chi connectivity index (χ1) is 16.1. The van der Waals surface area contributed by atoms with Gasteiger partial charge in [0.2, 0.25) is 5.78 Å². The van der Waals surface area contributed by atoms with Crippen LogP contribution in [0.15, 0.2) is 77.0 Å². The summed E-state index contributed by atoms with van der Waals surface area (Å²) in [4.78, 5) is 17.7. The number of benzene rings is 3. The molecule has 3 aromatic carbocycles. The molecule has 0 amide bonds. The normalized spacial score (nSPS) is 17.8. The lowest BCUT2D eigenvalue weighted by Crippen LogP contribution is -2.45. The molecule has 0 radical (unpaired) electrons. The van der Waals surface area contributed by atoms with Gasteiger partial charge in [-0.05, 0) is 41.5 Å². The summed E-state index contributed by atoms with van der Waals surface area (Å²) in [5, 5.41) is 10.6. The zero-order valence-electron chi connectivity index (χ0n) is 18.2. The molecule has 1 saturated heterocycles. The molecular weight excluding hydrogens is 480 g/mol. The average molecular weight is 505 g/mol. The van der Waals surface area contributed by atoms with Crippen molar-refractivity contribution in [2.75, 3.05) is 26.2 Å². The molecule has 2 aliphatic heterocycles. The smallest absolute Gasteiger partial charge is 0.231 e. The van der Waals surface area contributed by atoms with E-state index in [2.05, 4.69) is 50.0 Å². The predicted molar refractivity (Wildman–Crippen MR) is 132 cm³/mol. The number of nitrogens with zero attached hydrogens (tertiary/aromatic N) is 2. The van der Waals surface area contributed by atoms with Crippen LogP contribution in [0.1, 0.15) is 27.0 Å². The Labute approximate surface area is 202 Å². The number of phenolic OH excluding ortho intramolecular Hbond substituents is 1. The van der Waals surface area contributed by atoms with Crippen LogP contribution >= 0.6 is 15.9 Å². The minimum Gasteiger partial charge on any atom is -0.507 e. The lowest BCUT2D eigenvalue weighted by atomic mass is 10.0. The topological polar surface area (TPSA) is 53.0 Å². The van der Waals surface area contributed by atoms with Gasteiger partial charge >= 0.3 is 0 Å². The lowest BCUT2D eigenvalue weighted by molar-refractivity contribution is 0.101. The third kappa shape index (κ3) is 4.88. The molecule has 0 atom stereocenters. The van der Waals surface area contributed by atoms with E-state index in [-0.39, 0.29) is 17.3 Å². The van der Waals surface area contributed by atoms with Crippen LogP contribution in [0.4, 0.5) is 0 Å². The van der Waals surface area contributed by atoms with Gasteiger partial charge in [0.1, 0.15) is 11.5 Å². The second-order valence-electron chi connectivity index (χ2n) is 8.47. The molecule has 2 aliphatic rings. The molecule has 33 heavy (non-hydrogen) atoms. The van der Waals surface area contributed by atoms with Crippen molar-refractivity contribution in [1.82, 2.24) is 9.80 Å². The highest BCUT2D eigenvalue weighted by Crippen LogP contribution is 2.40. The molecule has 0 aromatic heterocycles. The number of hydrogen-bond donors (Lipinski definition) is 1. The number of ketones is 1. The molecule has 1 fully saturated rings. The van der Waals surface area contributed by atoms with Gasteiger partial charge in [-0.15, -0.1) is 0 Å². The van der Waals surface area contributed by atoms with E-state index in [1.807, 2.05) is 30.3 Å². The van der Waals surface area contributed by atoms with Crippen LogP contribution in [0, 0.1) is 0 Å². The summed E-state index contributed by atoms with van der Waals surface area (Å²) in [6.07, 6.45) is 1.75. The quantitative estimate of drug-likeness (QED) is 0.490. The lowest BCUT2D eigenvalue weighted by Gasteiger charge is -2.35. The second kappa shape index (κ2) is 9.51. The van der Waals surface area contributed by atoms with E-state index in [1.54, 1.807) is 18.2 Å². The van der Waals surface area contributed by atoms with Crippen LogP contribution in [-0.2, 0) is 13.1 Å². The van der Waals surface area contributed by atoms with E-state index in [4.69, 9.17) is 4.74 Å². The monoisotopic (exact) mass is 504 g/mol. The van der Waals surface area contributed by atoms with E-state index in [0.29, 0.717) is 23.4 Å². The summed E-state index contributed by atoms with van der Waals surface area (Å²) < 4.78 is 6.95. The summed E-state index contributed by atoms with van der Waals surface area (Å²) in [5.74, 6) is 0.770. The maximum absolute atomic E-state index is 13.0. The number of ether oxygens (including phenoxy) is 1. The Morgan fingerprint density at radius 1 is 0.909 bits per heavy atom. The standard InChI is InChI=1S/C27H25BrN2O3/c28-21-8-4-7-20(15-21)16-25-26(32)22-9-10-24(31)23(27(22)33-25)18-30-13-11-29(12-14-30)17-19-5-2-1-3-6-19/h1-10,15-16,31H,11-14,17-18H2/b25-16-. The Kier molecular flexibility index (Phi) is 6.31. The molecule has 5 nitrogen and oxygen atoms in total. The third-order valence-electron chi connectivity index (χ3n) is 6.16. The van der Waals surface area contributed by atoms with Crippen molar-refractivity contribution in [1.29, 1.82) is 0 Å². The average Bonchev–Trinajstić information content (AvgIpc) is 3.13. The van der Waals surface area contributed by atoms with Crippen LogP contribution in [0.25, 0.3) is 6.08 Å². The maximum Gasteiger partial charge on any atom is 0.231 e. The van der Waals surface area contributed by atoms with Gasteiger partial charge in [-0.2, -0.15) is 0 Å². The van der Waals surface area contributed by atoms with E-state index >= 15 is 0 Å². The molecule has 0 aliphatic carbocycles. The molecule has 0 spiro atoms. The number of Topliss-reactive ketones (excluding diaryl/α,β-unsaturated/α-hetero) is 1. The van der Waals surface area contributed by atoms with Gasteiger partial charge < -0.3 is 9.84 Å². The minimum absolute atomic E-state index is 0.154. The molecule has 5 rings (SSSR count). The van der Waals surface area contributed by atoms with Crippen molar-refractivity contribution >= 4 is 27.8 Å². The molecule has 6 heteroatoms. The number of aromatic hydroxyl groups is 1. The van der Waals surface area contributed by atoms with Crippen molar-refractivity contribution in [3.63, 3.8) is 0 Å². The predicted octanol–water partition coefficient (Wildman–Crippen LogP) is 5.09. The Morgan fingerprint density at radius 3 is 2.36 bits per heavy atom. The molecule has 0 bridgehead atoms. The molecule has 2 heterocycles. The summed E-state index contributed by atoms with van der Waals surface area (Å²) in [5.41, 5.74) is 3.38. The first kappa shape index (κ1) is 21.9. The molecule has 0 saturated carbocycles. The third-order valence-corrected chi connectivity index (χ3v) is 6.65. The van der Waals surface area contributed by atoms with Crippen molar-refractivity contribution in [3.8, 4) is 11.5 Å². The van der Waals surface area contributed by atoms with Crippen LogP contribution in [-0.4, -0.2) is 46.9 Å². The number of allylic oxidation sites excluding steroid dienone is 1. The molecule has 0 unspecified atom stereocenters. The van der Waals surface area contributed by atoms with Crippen LogP contribution in [0.2, 0.25) is 0 Å². The number of halogens is 1. The van der Waals surface area contributed by atoms with Crippen LogP contribution in [0.3, 0.4) is 0 Å². The Hall–Kier alpha value is -2.93. The number of carbonyl (C=O) groups excluding carboxylic acids is 1. The number of carbonyl (C=O) groups is 1. The van der Waals surface area contributed by atoms with Crippen molar-refractivity contribution < 1.29 is 14.6 Å². The summed E-state index contributed by atoms with van der Waals surface area (Å²) in [6.45, 7) is 5.19. The number of phenols is 1. The molecule has 1 N–H and O–H groups in total. The Bertz CT molecular complexity index is 1200. The van der Waals surface area contributed by atoms with Gasteiger partial charge in [0, 0.05) is 43.7 Å². The summed E-state index contributed by atoms with van der Waals surface area (Å²) in [7, 11) is 0. The fourth-order valence-electron chi connectivity index (χ4n) is 4.37. The van der Waals surface area contributed by atoms with Crippen molar-refractivity contribution in [2.45, 2.75) is 13.1 Å². The van der Waals surface area contributed by atoms with E-state index in [9.17, 15) is 9.90 Å². The highest BCUT2D eigenvalue weighted by atomic mass is 79.9. The molecule has 168 valence electrons. The van der Waals surface area contributed by atoms with Gasteiger partial charge in [-0.1, -0.05) is 58.4 Å². The zero-order valence-corrected chi connectivity index (χ0v) is 19.8. The fraction of sp³-hybridized carbons (Fsp3) is 0.222. The first-order valence-electron chi connectivity index (χ1n) is 11.1. The SMILES string of the molecule is O=C1/C(=C/c2cccc(Br)c2)Oc2c1ccc(O)c2CN1CCN(Cc2ccccc2)CC1. The summed E-state index contributed by atoms with van der Waals surface area (Å²) >= 11 is 3.46. The first-order valence-corrected chi connectivity index (χ1v) is 11.9. The summed E-state index contributed by atoms with van der Waals surface area (Å²) in [6, 6.07) is 21.5. The Morgan fingerprint density at radius 2 is 1.64 bits per heavy atom. The van der Waals surface area contributed by atoms with Gasteiger partial charge in [-0.3, -0.25) is 14.6 Å². The maximum atomic E-state index is 13.0. The Balaban J connectivity index is 1.29. The number of rotatable bonds is 5. The van der Waals surface area contributed by atoms with E-state index in [0.717, 1.165) is 42.8 Å². The largest absolute Gasteiger partial charge is 0.507 e. The second-order valence-corrected chi connectivity index (χ2v) is 9.39. The van der Waals surface area contributed by atoms with Gasteiger partial charge in [0.25, 0.3) is 0 Å². The van der Waals surface area contributed by atoms with Gasteiger partial charge in [0.05, 0.1) is 11.1 Å². The fourth-order valence-corrected chi connectivity index (χ4v) is 4.79. The van der Waals surface area contributed by atoms with Gasteiger partial charge in [0.15, 0.2) is 5.76 Å². The van der Waals surface area contributed by atoms with E-state index < -0.39 is 0 Å². The van der Waals surface area contributed by atoms with Gasteiger partial charge in [-0.25, -0.2) is 0 Å². The number of piperazine rings is 1. The zero-order chi connectivity index (χ0) is 22.8. The van der Waals surface area contributed by atoms with Crippen LogP contribution in [0.5, 0.6) is 11.5 Å². The van der Waals surface area contributed by atoms with Crippen molar-refractivity contribution in [2.24, 2.45) is 0 Å². The minimum atomic E-state index is -0.154. The van der Waals surface area contributed by atoms with Crippen molar-refractivity contribution in [3.05, 3.63) is 99.2 Å². The number of hydrogen-bond acceptors (Lipinski definition) is 5. The highest BCUT2D eigenvalue weighted by molar-refractivity contribution is 9.10. The van der Waals surface area contributed by atoms with Crippen LogP contribution < -0.4 is 4.74 Å². The van der Waals surface area contributed by atoms with E-state index in [1.165, 1.54) is 5.56 Å². The number of fused-ring (bicyclic) bond motifs is 1.